The van der Waals surface area contributed by atoms with Crippen molar-refractivity contribution in [1.82, 2.24) is 31.3 Å². The van der Waals surface area contributed by atoms with Crippen LogP contribution in [0.1, 0.15) is 58.2 Å². The SMILES string of the molecule is CCCCCC(C)SC[C@H](NC(=O)CC[C@H](N)C(=O)O)C(=O)NCc1nn[nH]n1. The summed E-state index contributed by atoms with van der Waals surface area (Å²) in [6.07, 6.45) is 4.40. The lowest BCUT2D eigenvalue weighted by Crippen LogP contribution is -2.48. The number of hydrogen-bond acceptors (Lipinski definition) is 8. The standard InChI is InChI=1S/C17H31N7O4S/c1-3-4-5-6-11(2)29-10-13(16(26)19-9-14-21-23-24-22-14)20-15(25)8-7-12(18)17(27)28/h11-13H,3-10,18H2,1-2H3,(H,19,26)(H,20,25)(H,27,28)(H,21,22,23,24)/t11?,12-,13-/m0/s1. The second-order valence-corrected chi connectivity index (χ2v) is 8.26. The Morgan fingerprint density at radius 2 is 2.03 bits per heavy atom. The summed E-state index contributed by atoms with van der Waals surface area (Å²) >= 11 is 1.61. The third-order valence-corrected chi connectivity index (χ3v) is 5.55. The number of carbonyl (C=O) groups excluding carboxylic acids is 2. The number of thioether (sulfide) groups is 1. The van der Waals surface area contributed by atoms with Crippen LogP contribution in [-0.2, 0) is 20.9 Å². The van der Waals surface area contributed by atoms with Gasteiger partial charge in [0.1, 0.15) is 12.1 Å². The average molecular weight is 430 g/mol. The molecule has 11 nitrogen and oxygen atoms in total. The van der Waals surface area contributed by atoms with Gasteiger partial charge < -0.3 is 21.5 Å². The van der Waals surface area contributed by atoms with Gasteiger partial charge >= 0.3 is 5.97 Å². The van der Waals surface area contributed by atoms with Crippen molar-refractivity contribution in [1.29, 1.82) is 0 Å². The van der Waals surface area contributed by atoms with Crippen molar-refractivity contribution < 1.29 is 19.5 Å². The van der Waals surface area contributed by atoms with E-state index < -0.39 is 24.0 Å². The molecule has 0 spiro atoms. The van der Waals surface area contributed by atoms with E-state index in [0.717, 1.165) is 19.3 Å². The number of carbonyl (C=O) groups is 3. The third-order valence-electron chi connectivity index (χ3n) is 4.22. The number of aromatic nitrogens is 4. The maximum Gasteiger partial charge on any atom is 0.320 e. The molecule has 29 heavy (non-hydrogen) atoms. The minimum absolute atomic E-state index is 0.00106. The summed E-state index contributed by atoms with van der Waals surface area (Å²) in [5, 5.41) is 27.8. The van der Waals surface area contributed by atoms with E-state index in [0.29, 0.717) is 16.8 Å². The van der Waals surface area contributed by atoms with Crippen LogP contribution < -0.4 is 16.4 Å². The lowest BCUT2D eigenvalue weighted by atomic mass is 10.1. The lowest BCUT2D eigenvalue weighted by Gasteiger charge is -2.20. The summed E-state index contributed by atoms with van der Waals surface area (Å²) in [5.41, 5.74) is 5.43. The molecule has 6 N–H and O–H groups in total. The number of carboxylic acid groups (broad SMARTS) is 1. The van der Waals surface area contributed by atoms with Gasteiger partial charge in [-0.3, -0.25) is 14.4 Å². The molecular weight excluding hydrogens is 398 g/mol. The number of nitrogens with one attached hydrogen (secondary N) is 3. The fourth-order valence-corrected chi connectivity index (χ4v) is 3.52. The summed E-state index contributed by atoms with van der Waals surface area (Å²) in [5.74, 6) is -1.21. The Bertz CT molecular complexity index is 629. The second-order valence-electron chi connectivity index (χ2n) is 6.79. The zero-order chi connectivity index (χ0) is 21.6. The highest BCUT2D eigenvalue weighted by Gasteiger charge is 2.23. The normalized spacial score (nSPS) is 14.0. The van der Waals surface area contributed by atoms with Crippen LogP contribution >= 0.6 is 11.8 Å². The van der Waals surface area contributed by atoms with Crippen LogP contribution in [0, 0.1) is 0 Å². The van der Waals surface area contributed by atoms with Crippen LogP contribution in [0.5, 0.6) is 0 Å². The molecule has 1 rings (SSSR count). The van der Waals surface area contributed by atoms with Crippen molar-refractivity contribution in [2.45, 2.75) is 76.3 Å². The Balaban J connectivity index is 2.57. The molecule has 12 heteroatoms. The van der Waals surface area contributed by atoms with Crippen LogP contribution in [0.2, 0.25) is 0 Å². The lowest BCUT2D eigenvalue weighted by molar-refractivity contribution is -0.138. The van der Waals surface area contributed by atoms with E-state index in [-0.39, 0.29) is 25.3 Å². The minimum atomic E-state index is -1.16. The number of H-pyrrole nitrogens is 1. The Kier molecular flexibility index (Phi) is 11.9. The first-order valence-electron chi connectivity index (χ1n) is 9.72. The highest BCUT2D eigenvalue weighted by atomic mass is 32.2. The smallest absolute Gasteiger partial charge is 0.320 e. The molecule has 0 saturated carbocycles. The first-order chi connectivity index (χ1) is 13.8. The summed E-state index contributed by atoms with van der Waals surface area (Å²) in [6.45, 7) is 4.33. The van der Waals surface area contributed by atoms with E-state index in [2.05, 4.69) is 45.1 Å². The monoisotopic (exact) mass is 429 g/mol. The fraction of sp³-hybridized carbons (Fsp3) is 0.765. The molecule has 1 unspecified atom stereocenters. The molecule has 0 saturated heterocycles. The molecule has 0 aliphatic carbocycles. The number of carboxylic acids is 1. The number of nitrogens with two attached hydrogens (primary N) is 1. The van der Waals surface area contributed by atoms with E-state index in [4.69, 9.17) is 10.8 Å². The minimum Gasteiger partial charge on any atom is -0.480 e. The van der Waals surface area contributed by atoms with E-state index in [1.165, 1.54) is 6.42 Å². The Morgan fingerprint density at radius 1 is 1.28 bits per heavy atom. The van der Waals surface area contributed by atoms with Crippen molar-refractivity contribution >= 4 is 29.5 Å². The summed E-state index contributed by atoms with van der Waals surface area (Å²) in [4.78, 5) is 35.5. The van der Waals surface area contributed by atoms with Crippen LogP contribution in [0.15, 0.2) is 0 Å². The molecule has 0 bridgehead atoms. The molecule has 2 amide bonds. The van der Waals surface area contributed by atoms with Gasteiger partial charge in [0.05, 0.1) is 6.54 Å². The number of aliphatic carboxylic acids is 1. The first kappa shape index (κ1) is 24.8. The Hall–Kier alpha value is -2.21. The molecule has 1 aromatic rings. The molecule has 3 atom stereocenters. The predicted octanol–water partition coefficient (Wildman–Crippen LogP) is 0.195. The second kappa shape index (κ2) is 13.9. The maximum absolute atomic E-state index is 12.5. The van der Waals surface area contributed by atoms with Crippen LogP contribution in [0.25, 0.3) is 0 Å². The number of amides is 2. The number of nitrogens with zero attached hydrogens (tertiary/aromatic N) is 3. The molecule has 0 fully saturated rings. The molecule has 164 valence electrons. The van der Waals surface area contributed by atoms with Gasteiger partial charge in [0.15, 0.2) is 5.82 Å². The average Bonchev–Trinajstić information content (AvgIpc) is 3.21. The van der Waals surface area contributed by atoms with Crippen molar-refractivity contribution in [2.75, 3.05) is 5.75 Å². The van der Waals surface area contributed by atoms with Crippen LogP contribution in [-0.4, -0.2) is 66.6 Å². The van der Waals surface area contributed by atoms with Gasteiger partial charge in [-0.05, 0) is 12.8 Å². The molecule has 0 aliphatic heterocycles. The first-order valence-corrected chi connectivity index (χ1v) is 10.8. The quantitative estimate of drug-likeness (QED) is 0.244. The van der Waals surface area contributed by atoms with E-state index in [9.17, 15) is 14.4 Å². The maximum atomic E-state index is 12.5. The zero-order valence-electron chi connectivity index (χ0n) is 16.9. The van der Waals surface area contributed by atoms with Gasteiger partial charge in [0.25, 0.3) is 0 Å². The van der Waals surface area contributed by atoms with Crippen molar-refractivity contribution in [3.8, 4) is 0 Å². The highest BCUT2D eigenvalue weighted by Crippen LogP contribution is 2.18. The van der Waals surface area contributed by atoms with Crippen molar-refractivity contribution in [3.05, 3.63) is 5.82 Å². The summed E-state index contributed by atoms with van der Waals surface area (Å²) in [6, 6.07) is -1.87. The van der Waals surface area contributed by atoms with Gasteiger partial charge in [0, 0.05) is 17.4 Å². The van der Waals surface area contributed by atoms with Gasteiger partial charge in [-0.1, -0.05) is 38.3 Å². The fourth-order valence-electron chi connectivity index (χ4n) is 2.43. The molecule has 1 aromatic heterocycles. The van der Waals surface area contributed by atoms with Crippen molar-refractivity contribution in [3.63, 3.8) is 0 Å². The third kappa shape index (κ3) is 10.8. The topological polar surface area (TPSA) is 176 Å². The molecule has 0 radical (unpaired) electrons. The van der Waals surface area contributed by atoms with Crippen LogP contribution in [0.3, 0.4) is 0 Å². The van der Waals surface area contributed by atoms with Gasteiger partial charge in [-0.15, -0.1) is 10.2 Å². The van der Waals surface area contributed by atoms with Crippen molar-refractivity contribution in [2.24, 2.45) is 5.73 Å². The highest BCUT2D eigenvalue weighted by molar-refractivity contribution is 7.99. The van der Waals surface area contributed by atoms with E-state index >= 15 is 0 Å². The van der Waals surface area contributed by atoms with Gasteiger partial charge in [-0.2, -0.15) is 17.0 Å². The van der Waals surface area contributed by atoms with Gasteiger partial charge in [0.2, 0.25) is 11.8 Å². The van der Waals surface area contributed by atoms with E-state index in [1.54, 1.807) is 11.8 Å². The largest absolute Gasteiger partial charge is 0.480 e. The van der Waals surface area contributed by atoms with Crippen LogP contribution in [0.4, 0.5) is 0 Å². The predicted molar refractivity (Wildman–Crippen MR) is 109 cm³/mol. The number of rotatable bonds is 15. The molecule has 0 aromatic carbocycles. The molecule has 1 heterocycles. The zero-order valence-corrected chi connectivity index (χ0v) is 17.7. The summed E-state index contributed by atoms with van der Waals surface area (Å²) < 4.78 is 0. The number of aromatic amines is 1. The van der Waals surface area contributed by atoms with Gasteiger partial charge in [-0.25, -0.2) is 0 Å². The number of tetrazole rings is 1. The molecule has 0 aliphatic rings. The number of unbranched alkanes of at least 4 members (excludes halogenated alkanes) is 2. The Labute approximate surface area is 174 Å². The van der Waals surface area contributed by atoms with E-state index in [1.807, 2.05) is 0 Å². The molecular formula is C17H31N7O4S. The number of hydrogen-bond donors (Lipinski definition) is 5. The Morgan fingerprint density at radius 3 is 2.66 bits per heavy atom. The summed E-state index contributed by atoms with van der Waals surface area (Å²) in [7, 11) is 0.